The van der Waals surface area contributed by atoms with E-state index in [0.29, 0.717) is 5.75 Å². The molecular formula is C10H14ClNOS2. The largest absolute Gasteiger partial charge is 0.303 e. The standard InChI is InChI=1S/C10H14ClNOS2/c1-10(2)6-15(13)5-8(12-10)7-3-9(11)14-4-7/h3-4,8,12H,5-6H2,1-2H3. The molecule has 0 spiro atoms. The third-order valence-electron chi connectivity index (χ3n) is 2.43. The highest BCUT2D eigenvalue weighted by molar-refractivity contribution is 7.85. The summed E-state index contributed by atoms with van der Waals surface area (Å²) in [5.41, 5.74) is 1.11. The molecular weight excluding hydrogens is 250 g/mol. The van der Waals surface area contributed by atoms with E-state index in [2.05, 4.69) is 19.2 Å². The Bertz CT molecular complexity index is 389. The Balaban J connectivity index is 2.19. The minimum absolute atomic E-state index is 0.0534. The number of rotatable bonds is 1. The lowest BCUT2D eigenvalue weighted by molar-refractivity contribution is 0.369. The zero-order valence-corrected chi connectivity index (χ0v) is 11.1. The first-order chi connectivity index (χ1) is 6.96. The highest BCUT2D eigenvalue weighted by atomic mass is 35.5. The second-order valence-corrected chi connectivity index (χ2v) is 7.56. The molecule has 0 saturated carbocycles. The molecule has 1 aromatic rings. The van der Waals surface area contributed by atoms with Gasteiger partial charge in [-0.05, 0) is 30.9 Å². The van der Waals surface area contributed by atoms with E-state index in [1.807, 2.05) is 11.4 Å². The van der Waals surface area contributed by atoms with Gasteiger partial charge in [-0.25, -0.2) is 0 Å². The van der Waals surface area contributed by atoms with Crippen molar-refractivity contribution in [2.45, 2.75) is 25.4 Å². The van der Waals surface area contributed by atoms with E-state index in [0.717, 1.165) is 15.7 Å². The van der Waals surface area contributed by atoms with Crippen molar-refractivity contribution in [3.63, 3.8) is 0 Å². The number of halogens is 1. The molecule has 2 heterocycles. The summed E-state index contributed by atoms with van der Waals surface area (Å²) in [6.07, 6.45) is 0. The molecule has 0 aliphatic carbocycles. The van der Waals surface area contributed by atoms with E-state index in [1.165, 1.54) is 11.3 Å². The van der Waals surface area contributed by atoms with Crippen LogP contribution in [0.5, 0.6) is 0 Å². The molecule has 1 saturated heterocycles. The van der Waals surface area contributed by atoms with Crippen LogP contribution in [0.15, 0.2) is 11.4 Å². The second kappa shape index (κ2) is 4.17. The molecule has 5 heteroatoms. The van der Waals surface area contributed by atoms with E-state index in [1.54, 1.807) is 0 Å². The SMILES string of the molecule is CC1(C)CS(=O)CC(c2csc(Cl)c2)N1. The lowest BCUT2D eigenvalue weighted by Gasteiger charge is -2.36. The molecule has 1 fully saturated rings. The topological polar surface area (TPSA) is 29.1 Å². The Kier molecular flexibility index (Phi) is 3.22. The molecule has 15 heavy (non-hydrogen) atoms. The van der Waals surface area contributed by atoms with Gasteiger partial charge < -0.3 is 5.32 Å². The van der Waals surface area contributed by atoms with E-state index in [9.17, 15) is 4.21 Å². The van der Waals surface area contributed by atoms with Crippen molar-refractivity contribution in [2.75, 3.05) is 11.5 Å². The maximum Gasteiger partial charge on any atom is 0.0931 e. The van der Waals surface area contributed by atoms with Crippen molar-refractivity contribution in [1.82, 2.24) is 5.32 Å². The van der Waals surface area contributed by atoms with Crippen LogP contribution < -0.4 is 5.32 Å². The van der Waals surface area contributed by atoms with Crippen LogP contribution in [0, 0.1) is 0 Å². The lowest BCUT2D eigenvalue weighted by Crippen LogP contribution is -2.52. The van der Waals surface area contributed by atoms with Crippen molar-refractivity contribution in [3.05, 3.63) is 21.3 Å². The van der Waals surface area contributed by atoms with E-state index >= 15 is 0 Å². The number of hydrogen-bond acceptors (Lipinski definition) is 3. The maximum atomic E-state index is 11.7. The zero-order valence-electron chi connectivity index (χ0n) is 8.75. The summed E-state index contributed by atoms with van der Waals surface area (Å²) in [4.78, 5) is 0. The van der Waals surface area contributed by atoms with E-state index in [-0.39, 0.29) is 11.6 Å². The predicted molar refractivity (Wildman–Crippen MR) is 67.2 cm³/mol. The van der Waals surface area contributed by atoms with Gasteiger partial charge >= 0.3 is 0 Å². The molecule has 2 unspecified atom stereocenters. The van der Waals surface area contributed by atoms with Crippen LogP contribution in [0.2, 0.25) is 4.34 Å². The third kappa shape index (κ3) is 2.81. The van der Waals surface area contributed by atoms with Crippen molar-refractivity contribution >= 4 is 33.7 Å². The monoisotopic (exact) mass is 263 g/mol. The van der Waals surface area contributed by atoms with Crippen molar-refractivity contribution < 1.29 is 4.21 Å². The van der Waals surface area contributed by atoms with Crippen molar-refractivity contribution in [1.29, 1.82) is 0 Å². The molecule has 1 aliphatic rings. The Morgan fingerprint density at radius 1 is 1.67 bits per heavy atom. The summed E-state index contributed by atoms with van der Waals surface area (Å²) in [5, 5.41) is 5.55. The van der Waals surface area contributed by atoms with Gasteiger partial charge in [0.15, 0.2) is 0 Å². The molecule has 2 nitrogen and oxygen atoms in total. The molecule has 2 rings (SSSR count). The molecule has 2 atom stereocenters. The summed E-state index contributed by atoms with van der Waals surface area (Å²) in [6.45, 7) is 4.18. The average molecular weight is 264 g/mol. The Morgan fingerprint density at radius 3 is 2.93 bits per heavy atom. The number of hydrogen-bond donors (Lipinski definition) is 1. The summed E-state index contributed by atoms with van der Waals surface area (Å²) in [5.74, 6) is 1.41. The Labute approximate surface area is 101 Å². The summed E-state index contributed by atoms with van der Waals surface area (Å²) >= 11 is 7.43. The fourth-order valence-electron chi connectivity index (χ4n) is 1.89. The molecule has 1 aromatic heterocycles. The first-order valence-electron chi connectivity index (χ1n) is 4.83. The molecule has 0 aromatic carbocycles. The molecule has 1 aliphatic heterocycles. The van der Waals surface area contributed by atoms with Crippen LogP contribution in [0.4, 0.5) is 0 Å². The fourth-order valence-corrected chi connectivity index (χ4v) is 4.49. The summed E-state index contributed by atoms with van der Waals surface area (Å²) in [7, 11) is -0.732. The smallest absolute Gasteiger partial charge is 0.0931 e. The third-order valence-corrected chi connectivity index (χ3v) is 5.29. The highest BCUT2D eigenvalue weighted by Gasteiger charge is 2.32. The molecule has 0 radical (unpaired) electrons. The van der Waals surface area contributed by atoms with Gasteiger partial charge in [-0.3, -0.25) is 4.21 Å². The van der Waals surface area contributed by atoms with Gasteiger partial charge in [-0.2, -0.15) is 0 Å². The van der Waals surface area contributed by atoms with Crippen molar-refractivity contribution in [2.24, 2.45) is 0 Å². The van der Waals surface area contributed by atoms with Gasteiger partial charge in [-0.15, -0.1) is 11.3 Å². The second-order valence-electron chi connectivity index (χ2n) is 4.52. The summed E-state index contributed by atoms with van der Waals surface area (Å²) < 4.78 is 12.5. The van der Waals surface area contributed by atoms with Gasteiger partial charge in [0, 0.05) is 33.9 Å². The van der Waals surface area contributed by atoms with Crippen LogP contribution in [0.25, 0.3) is 0 Å². The van der Waals surface area contributed by atoms with Gasteiger partial charge in [0.25, 0.3) is 0 Å². The van der Waals surface area contributed by atoms with Gasteiger partial charge in [-0.1, -0.05) is 11.6 Å². The van der Waals surface area contributed by atoms with E-state index in [4.69, 9.17) is 11.6 Å². The zero-order chi connectivity index (χ0) is 11.1. The van der Waals surface area contributed by atoms with Crippen LogP contribution in [-0.4, -0.2) is 21.3 Å². The van der Waals surface area contributed by atoms with Gasteiger partial charge in [0.2, 0.25) is 0 Å². The van der Waals surface area contributed by atoms with E-state index < -0.39 is 10.8 Å². The Morgan fingerprint density at radius 2 is 2.40 bits per heavy atom. The highest BCUT2D eigenvalue weighted by Crippen LogP contribution is 2.29. The number of nitrogens with one attached hydrogen (secondary N) is 1. The van der Waals surface area contributed by atoms with Crippen LogP contribution in [-0.2, 0) is 10.8 Å². The number of thiophene rings is 1. The quantitative estimate of drug-likeness (QED) is 0.844. The van der Waals surface area contributed by atoms with Crippen LogP contribution in [0.3, 0.4) is 0 Å². The molecule has 0 bridgehead atoms. The minimum atomic E-state index is -0.732. The first kappa shape index (κ1) is 11.6. The normalized spacial score (nSPS) is 30.3. The molecule has 0 amide bonds. The average Bonchev–Trinajstić information content (AvgIpc) is 2.48. The van der Waals surface area contributed by atoms with Crippen LogP contribution in [0.1, 0.15) is 25.5 Å². The van der Waals surface area contributed by atoms with Crippen molar-refractivity contribution in [3.8, 4) is 0 Å². The molecule has 1 N–H and O–H groups in total. The van der Waals surface area contributed by atoms with Crippen LogP contribution >= 0.6 is 22.9 Å². The fraction of sp³-hybridized carbons (Fsp3) is 0.600. The van der Waals surface area contributed by atoms with Gasteiger partial charge in [0.05, 0.1) is 4.34 Å². The molecule has 84 valence electrons. The maximum absolute atomic E-state index is 11.7. The predicted octanol–water partition coefficient (Wildman–Crippen LogP) is 2.57. The first-order valence-corrected chi connectivity index (χ1v) is 7.57. The Hall–Kier alpha value is 0.1000. The summed E-state index contributed by atoms with van der Waals surface area (Å²) in [6, 6.07) is 2.14. The lowest BCUT2D eigenvalue weighted by atomic mass is 10.0. The minimum Gasteiger partial charge on any atom is -0.303 e. The van der Waals surface area contributed by atoms with Gasteiger partial charge in [0.1, 0.15) is 0 Å².